The summed E-state index contributed by atoms with van der Waals surface area (Å²) < 4.78 is 4.48. The third-order valence-electron chi connectivity index (χ3n) is 1.74. The van der Waals surface area contributed by atoms with E-state index in [0.29, 0.717) is 4.88 Å². The summed E-state index contributed by atoms with van der Waals surface area (Å²) in [7, 11) is 1.24. The lowest BCUT2D eigenvalue weighted by molar-refractivity contribution is 0.0600. The summed E-state index contributed by atoms with van der Waals surface area (Å²) in [5.74, 6) is -1.70. The number of carboxylic acids is 1. The third-order valence-corrected chi connectivity index (χ3v) is 3.08. The van der Waals surface area contributed by atoms with E-state index in [0.717, 1.165) is 11.3 Å². The summed E-state index contributed by atoms with van der Waals surface area (Å²) >= 11 is 1.06. The minimum Gasteiger partial charge on any atom is -0.476 e. The number of carbonyl (C=O) groups excluding carboxylic acids is 1. The van der Waals surface area contributed by atoms with Gasteiger partial charge in [0.2, 0.25) is 5.01 Å². The van der Waals surface area contributed by atoms with Gasteiger partial charge in [-0.2, -0.15) is 0 Å². The molecule has 1 heterocycles. The number of ether oxygens (including phenoxy) is 1. The first kappa shape index (κ1) is 11.6. The number of aromatic carboxylic acids is 1. The van der Waals surface area contributed by atoms with Crippen LogP contribution in [0.1, 0.15) is 44.9 Å². The molecule has 0 bridgehead atoms. The number of aromatic nitrogens is 1. The van der Waals surface area contributed by atoms with Crippen molar-refractivity contribution < 1.29 is 19.4 Å². The predicted molar refractivity (Wildman–Crippen MR) is 54.5 cm³/mol. The molecule has 0 aliphatic heterocycles. The smallest absolute Gasteiger partial charge is 0.367 e. The fourth-order valence-electron chi connectivity index (χ4n) is 1.05. The van der Waals surface area contributed by atoms with Crippen LogP contribution in [-0.2, 0) is 4.74 Å². The van der Waals surface area contributed by atoms with Crippen molar-refractivity contribution in [1.82, 2.24) is 4.98 Å². The number of hydrogen-bond acceptors (Lipinski definition) is 5. The molecule has 0 fully saturated rings. The Bertz CT molecular complexity index is 397. The Balaban J connectivity index is 3.21. The van der Waals surface area contributed by atoms with Gasteiger partial charge in [0, 0.05) is 4.88 Å². The van der Waals surface area contributed by atoms with Gasteiger partial charge in [-0.05, 0) is 5.92 Å². The van der Waals surface area contributed by atoms with Crippen LogP contribution in [-0.4, -0.2) is 29.1 Å². The average molecular weight is 229 g/mol. The van der Waals surface area contributed by atoms with Crippen molar-refractivity contribution in [1.29, 1.82) is 0 Å². The molecule has 1 aromatic rings. The summed E-state index contributed by atoms with van der Waals surface area (Å²) in [5, 5.41) is 8.96. The Morgan fingerprint density at radius 2 is 2.07 bits per heavy atom. The van der Waals surface area contributed by atoms with Gasteiger partial charge in [-0.25, -0.2) is 14.6 Å². The maximum Gasteiger partial charge on any atom is 0.367 e. The van der Waals surface area contributed by atoms with Gasteiger partial charge in [0.05, 0.1) is 7.11 Å². The van der Waals surface area contributed by atoms with Crippen LogP contribution in [0.4, 0.5) is 0 Å². The summed E-state index contributed by atoms with van der Waals surface area (Å²) in [6.07, 6.45) is 0. The number of methoxy groups -OCH3 is 1. The van der Waals surface area contributed by atoms with E-state index < -0.39 is 11.9 Å². The molecule has 0 unspecified atom stereocenters. The van der Waals surface area contributed by atoms with Gasteiger partial charge in [0.25, 0.3) is 0 Å². The van der Waals surface area contributed by atoms with Crippen LogP contribution in [0.15, 0.2) is 0 Å². The number of rotatable bonds is 3. The fourth-order valence-corrected chi connectivity index (χ4v) is 2.03. The quantitative estimate of drug-likeness (QED) is 0.799. The van der Waals surface area contributed by atoms with Crippen molar-refractivity contribution in [3.05, 3.63) is 15.6 Å². The molecule has 1 N–H and O–H groups in total. The topological polar surface area (TPSA) is 76.5 Å². The van der Waals surface area contributed by atoms with Gasteiger partial charge in [0.15, 0.2) is 5.69 Å². The van der Waals surface area contributed by atoms with Gasteiger partial charge in [-0.3, -0.25) is 0 Å². The number of hydrogen-bond donors (Lipinski definition) is 1. The molecule has 0 aliphatic rings. The average Bonchev–Trinajstić information content (AvgIpc) is 2.61. The highest BCUT2D eigenvalue weighted by molar-refractivity contribution is 7.13. The van der Waals surface area contributed by atoms with Crippen molar-refractivity contribution in [3.8, 4) is 0 Å². The number of carbonyl (C=O) groups is 2. The maximum absolute atomic E-state index is 11.2. The van der Waals surface area contributed by atoms with Crippen molar-refractivity contribution in [3.63, 3.8) is 0 Å². The van der Waals surface area contributed by atoms with Gasteiger partial charge >= 0.3 is 11.9 Å². The van der Waals surface area contributed by atoms with Gasteiger partial charge < -0.3 is 9.84 Å². The van der Waals surface area contributed by atoms with Crippen LogP contribution in [0.5, 0.6) is 0 Å². The number of thiazole rings is 1. The lowest BCUT2D eigenvalue weighted by atomic mass is 10.1. The lowest BCUT2D eigenvalue weighted by Gasteiger charge is -1.99. The molecule has 0 spiro atoms. The zero-order valence-corrected chi connectivity index (χ0v) is 9.42. The number of nitrogens with zero attached hydrogens (tertiary/aromatic N) is 1. The van der Waals surface area contributed by atoms with Crippen LogP contribution >= 0.6 is 11.3 Å². The second-order valence-corrected chi connectivity index (χ2v) is 4.21. The van der Waals surface area contributed by atoms with Gasteiger partial charge in [0.1, 0.15) is 0 Å². The first-order valence-corrected chi connectivity index (χ1v) is 5.11. The van der Waals surface area contributed by atoms with E-state index in [4.69, 9.17) is 5.11 Å². The number of carboxylic acid groups (broad SMARTS) is 1. The summed E-state index contributed by atoms with van der Waals surface area (Å²) in [6.45, 7) is 3.70. The Hall–Kier alpha value is -1.43. The van der Waals surface area contributed by atoms with Crippen molar-refractivity contribution in [2.24, 2.45) is 0 Å². The molecule has 6 heteroatoms. The predicted octanol–water partition coefficient (Wildman–Crippen LogP) is 1.75. The van der Waals surface area contributed by atoms with Crippen LogP contribution in [0, 0.1) is 0 Å². The van der Waals surface area contributed by atoms with E-state index in [1.54, 1.807) is 0 Å². The highest BCUT2D eigenvalue weighted by Crippen LogP contribution is 2.27. The Labute approximate surface area is 90.7 Å². The van der Waals surface area contributed by atoms with Crippen LogP contribution < -0.4 is 0 Å². The highest BCUT2D eigenvalue weighted by Gasteiger charge is 2.22. The maximum atomic E-state index is 11.2. The molecule has 0 aliphatic carbocycles. The van der Waals surface area contributed by atoms with Crippen LogP contribution in [0.3, 0.4) is 0 Å². The molecule has 1 rings (SSSR count). The second-order valence-electron chi connectivity index (χ2n) is 3.18. The van der Waals surface area contributed by atoms with Crippen molar-refractivity contribution in [2.45, 2.75) is 19.8 Å². The van der Waals surface area contributed by atoms with E-state index >= 15 is 0 Å². The molecule has 0 amide bonds. The highest BCUT2D eigenvalue weighted by atomic mass is 32.1. The van der Waals surface area contributed by atoms with E-state index in [2.05, 4.69) is 9.72 Å². The molecule has 0 saturated heterocycles. The molecule has 82 valence electrons. The summed E-state index contributed by atoms with van der Waals surface area (Å²) in [4.78, 5) is 26.3. The summed E-state index contributed by atoms with van der Waals surface area (Å²) in [5.41, 5.74) is -0.0598. The molecule has 15 heavy (non-hydrogen) atoms. The van der Waals surface area contributed by atoms with Crippen molar-refractivity contribution in [2.75, 3.05) is 7.11 Å². The first-order valence-electron chi connectivity index (χ1n) is 4.29. The van der Waals surface area contributed by atoms with Crippen LogP contribution in [0.2, 0.25) is 0 Å². The van der Waals surface area contributed by atoms with Crippen LogP contribution in [0.25, 0.3) is 0 Å². The van der Waals surface area contributed by atoms with Gasteiger partial charge in [-0.15, -0.1) is 11.3 Å². The van der Waals surface area contributed by atoms with E-state index in [-0.39, 0.29) is 16.6 Å². The minimum absolute atomic E-state index is 0.0204. The Morgan fingerprint density at radius 1 is 1.47 bits per heavy atom. The lowest BCUT2D eigenvalue weighted by Crippen LogP contribution is -2.04. The van der Waals surface area contributed by atoms with Crippen molar-refractivity contribution >= 4 is 23.3 Å². The fraction of sp³-hybridized carbons (Fsp3) is 0.444. The number of esters is 1. The molecule has 0 saturated carbocycles. The second kappa shape index (κ2) is 4.39. The van der Waals surface area contributed by atoms with E-state index in [1.807, 2.05) is 13.8 Å². The third kappa shape index (κ3) is 2.33. The van der Waals surface area contributed by atoms with E-state index in [1.165, 1.54) is 7.11 Å². The molecular weight excluding hydrogens is 218 g/mol. The Kier molecular flexibility index (Phi) is 3.41. The molecular formula is C9H11NO4S. The first-order chi connectivity index (χ1) is 6.97. The zero-order valence-electron chi connectivity index (χ0n) is 8.60. The molecule has 0 atom stereocenters. The molecule has 0 radical (unpaired) electrons. The zero-order chi connectivity index (χ0) is 11.6. The monoisotopic (exact) mass is 229 g/mol. The minimum atomic E-state index is -1.12. The largest absolute Gasteiger partial charge is 0.476 e. The standard InChI is InChI=1S/C9H11NO4S/c1-4(2)6-5(8(11)12)10-7(15-6)9(13)14-3/h4H,1-3H3,(H,11,12). The normalized spacial score (nSPS) is 10.4. The molecule has 1 aromatic heterocycles. The molecule has 0 aromatic carbocycles. The Morgan fingerprint density at radius 3 is 2.40 bits per heavy atom. The molecule has 5 nitrogen and oxygen atoms in total. The summed E-state index contributed by atoms with van der Waals surface area (Å²) in [6, 6.07) is 0. The van der Waals surface area contributed by atoms with E-state index in [9.17, 15) is 9.59 Å². The SMILES string of the molecule is COC(=O)c1nc(C(=O)O)c(C(C)C)s1. The van der Waals surface area contributed by atoms with Gasteiger partial charge in [-0.1, -0.05) is 13.8 Å².